The maximum absolute atomic E-state index is 14.9. The Balaban J connectivity index is 0.568. The number of cyclic esters (lactones) is 1. The molecule has 15 atom stereocenters. The number of allylic oxidation sites excluding steroid dienone is 6. The van der Waals surface area contributed by atoms with Gasteiger partial charge in [-0.25, -0.2) is 44.8 Å². The number of rotatable bonds is 28. The number of hydrogen-bond acceptors (Lipinski definition) is 33. The van der Waals surface area contributed by atoms with Crippen molar-refractivity contribution in [2.24, 2.45) is 35.5 Å². The number of benzene rings is 1. The minimum atomic E-state index is -2.48. The molecule has 3 amide bonds. The number of ether oxygens (including phenoxy) is 9. The lowest BCUT2D eigenvalue weighted by molar-refractivity contribution is -0.265. The molecule has 5 aliphatic rings. The highest BCUT2D eigenvalue weighted by Crippen LogP contribution is 2.41. The minimum Gasteiger partial charge on any atom is -0.460 e. The number of fused-ring (bicyclic) bond motifs is 5. The van der Waals surface area contributed by atoms with Crippen molar-refractivity contribution in [2.45, 2.75) is 186 Å². The van der Waals surface area contributed by atoms with Crippen molar-refractivity contribution in [2.75, 3.05) is 140 Å². The maximum Gasteiger partial charge on any atom is 0.329 e. The summed E-state index contributed by atoms with van der Waals surface area (Å²) in [6, 6.07) is 3.86. The maximum atomic E-state index is 14.9. The highest BCUT2D eigenvalue weighted by atomic mass is 16.6. The number of nitrogens with one attached hydrogen (secondary N) is 2. The Morgan fingerprint density at radius 1 is 0.740 bits per heavy atom. The second-order valence-corrected chi connectivity index (χ2v) is 33.6. The van der Waals surface area contributed by atoms with Crippen LogP contribution in [-0.4, -0.2) is 278 Å². The van der Waals surface area contributed by atoms with E-state index in [1.165, 1.54) is 35.5 Å². The van der Waals surface area contributed by atoms with Crippen LogP contribution in [0.2, 0.25) is 0 Å². The third kappa shape index (κ3) is 24.5. The number of anilines is 4. The fourth-order valence-corrected chi connectivity index (χ4v) is 17.1. The molecule has 0 radical (unpaired) electrons. The van der Waals surface area contributed by atoms with Crippen LogP contribution in [0.15, 0.2) is 108 Å². The van der Waals surface area contributed by atoms with E-state index in [1.54, 1.807) is 71.7 Å². The number of piperazine rings is 1. The highest BCUT2D eigenvalue weighted by Gasteiger charge is 2.53. The molecule has 0 unspecified atom stereocenters. The van der Waals surface area contributed by atoms with E-state index >= 15 is 0 Å². The predicted molar refractivity (Wildman–Crippen MR) is 467 cm³/mol. The number of ketones is 3. The van der Waals surface area contributed by atoms with Crippen molar-refractivity contribution in [3.8, 4) is 22.5 Å². The number of nitrogen functional groups attached to an aromatic ring is 2. The van der Waals surface area contributed by atoms with E-state index in [9.17, 15) is 43.8 Å². The number of methoxy groups -OCH3 is 3. The van der Waals surface area contributed by atoms with E-state index in [4.69, 9.17) is 68.5 Å². The van der Waals surface area contributed by atoms with Crippen LogP contribution in [0.1, 0.15) is 148 Å². The van der Waals surface area contributed by atoms with Crippen molar-refractivity contribution >= 4 is 86.9 Å². The molecule has 6 aromatic heterocycles. The SMILES string of the molecule is CO[C@H]1C[C@@H]2CC[C@@H](C)[C@@](O)(O2)C(=O)C(=O)N2CCCC[C@H]2C(=O)O[C@H]([C@H](C)C[C@@H]2CC[C@H](n3cc(-c4cnc(N5CCN(c6ncc(C(=O)NCCOCCOCCOCCOCCC(=O)Nn7nc(-c8ccc9oc(N)nc9c8)c8c(N)ncnc87)cn6)CC5)nc4)nn3)[C@H](OC)C2)CC(=O)[C@H](C)/C=C(\C)[C@@H](O)[C@@H](OC)C(=O)[C@H](C)C[C@H](C)/C=C/C=C/C=C/1C. The minimum absolute atomic E-state index is 0.0185. The number of Topliss-reactive ketones (excluding diaryl/α,β-unsaturated/α-hetero) is 3. The standard InChI is InChI=1S/C89H121N19O19/c1-53-16-12-11-13-17-54(2)71(118-8)45-64-22-19-59(7)89(117,127-64)80(113)84(115)106-27-15-14-18-68(106)85(116)125-72(46-69(109)55(3)41-58(6)78(112)79(120-10)77(111)57(5)40-53)56(4)42-60-20-23-67(73(43-60)119-9)107-51-66(100-103-107)62-47-93-87(94-48-62)104-28-30-105(31-29-104)88-95-49-63(50-96-88)83(114)92-26-33-122-35-37-124-39-38-123-36-34-121-32-25-74(110)101-108-82-75(81(90)97-52-98-82)76(102-108)61-21-24-70-65(44-61)99-86(91)126-70/h11-13,16-17,21,24,41,44,47-53,55-57,59-60,64,67-68,71-73,78-79,112,117H,14-15,18-20,22-23,25-40,42-43,45-46H2,1-10H3,(H2,91,99)(H,92,114)(H,101,110)(H2,90,97,98)/b13-11+,16-12+,54-17+,58-41+/t53-,55-,56-,57-,59-,60+,64+,67+,68+,71+,72+,73-,78-,79+,89-/m1/s1. The molecule has 10 heterocycles. The highest BCUT2D eigenvalue weighted by molar-refractivity contribution is 6.39. The second-order valence-electron chi connectivity index (χ2n) is 33.6. The van der Waals surface area contributed by atoms with E-state index in [-0.39, 0.29) is 118 Å². The van der Waals surface area contributed by atoms with Crippen molar-refractivity contribution in [3.63, 3.8) is 0 Å². The van der Waals surface area contributed by atoms with Gasteiger partial charge in [0.25, 0.3) is 23.6 Å². The van der Waals surface area contributed by atoms with Gasteiger partial charge in [-0.3, -0.25) is 28.8 Å². The summed E-state index contributed by atoms with van der Waals surface area (Å²) in [7, 11) is 4.61. The molecule has 1 aliphatic carbocycles. The number of hydrogen-bond donors (Lipinski definition) is 6. The summed E-state index contributed by atoms with van der Waals surface area (Å²) in [6.45, 7) is 17.6. The van der Waals surface area contributed by atoms with Crippen LogP contribution in [0.25, 0.3) is 44.6 Å². The number of carbonyl (C=O) groups excluding carboxylic acids is 7. The smallest absolute Gasteiger partial charge is 0.329 e. The zero-order valence-electron chi connectivity index (χ0n) is 74.0. The van der Waals surface area contributed by atoms with Gasteiger partial charge in [-0.1, -0.05) is 76.3 Å². The fraction of sp³-hybridized carbons (Fsp3) is 0.584. The molecule has 2 bridgehead atoms. The van der Waals surface area contributed by atoms with Gasteiger partial charge >= 0.3 is 5.97 Å². The molecular weight excluding hydrogens is 1640 g/mol. The summed E-state index contributed by atoms with van der Waals surface area (Å²) in [4.78, 5) is 136. The summed E-state index contributed by atoms with van der Waals surface area (Å²) in [5.74, 6) is -7.97. The molecule has 1 saturated carbocycles. The first kappa shape index (κ1) is 95.3. The van der Waals surface area contributed by atoms with Crippen LogP contribution in [0.5, 0.6) is 0 Å². The molecule has 7 aromatic rings. The van der Waals surface area contributed by atoms with E-state index in [1.807, 2.05) is 73.9 Å². The zero-order chi connectivity index (χ0) is 90.4. The number of aliphatic hydroxyl groups is 2. The molecule has 4 aliphatic heterocycles. The molecule has 8 N–H and O–H groups in total. The van der Waals surface area contributed by atoms with Crippen molar-refractivity contribution in [1.29, 1.82) is 0 Å². The molecule has 0 spiro atoms. The monoisotopic (exact) mass is 1760 g/mol. The van der Waals surface area contributed by atoms with Crippen molar-refractivity contribution in [3.05, 3.63) is 109 Å². The van der Waals surface area contributed by atoms with Crippen LogP contribution < -0.4 is 32.0 Å². The summed E-state index contributed by atoms with van der Waals surface area (Å²) in [5, 5.41) is 40.9. The third-order valence-electron chi connectivity index (χ3n) is 24.5. The average molecular weight is 1760 g/mol. The van der Waals surface area contributed by atoms with Crippen LogP contribution in [0, 0.1) is 35.5 Å². The lowest BCUT2D eigenvalue weighted by atomic mass is 9.77. The Bertz CT molecular complexity index is 5010. The van der Waals surface area contributed by atoms with Gasteiger partial charge in [0.05, 0.1) is 101 Å². The number of carbonyl (C=O) groups is 7. The summed E-state index contributed by atoms with van der Waals surface area (Å²) in [5.41, 5.74) is 19.9. The molecule has 12 rings (SSSR count). The Morgan fingerprint density at radius 3 is 2.13 bits per heavy atom. The first-order chi connectivity index (χ1) is 61.2. The Morgan fingerprint density at radius 2 is 1.43 bits per heavy atom. The van der Waals surface area contributed by atoms with E-state index in [0.29, 0.717) is 178 Å². The van der Waals surface area contributed by atoms with Crippen molar-refractivity contribution in [1.82, 2.24) is 70.0 Å². The Hall–Kier alpha value is -10.8. The molecule has 1 aromatic carbocycles. The lowest BCUT2D eigenvalue weighted by Crippen LogP contribution is -2.61. The first-order valence-corrected chi connectivity index (χ1v) is 43.8. The largest absolute Gasteiger partial charge is 0.460 e. The lowest BCUT2D eigenvalue weighted by Gasteiger charge is -2.42. The number of aliphatic hydroxyl groups excluding tert-OH is 1. The summed E-state index contributed by atoms with van der Waals surface area (Å²) >= 11 is 0. The molecule has 686 valence electrons. The van der Waals surface area contributed by atoms with Crippen LogP contribution in [0.3, 0.4) is 0 Å². The predicted octanol–water partition coefficient (Wildman–Crippen LogP) is 7.30. The zero-order valence-corrected chi connectivity index (χ0v) is 74.0. The number of esters is 1. The van der Waals surface area contributed by atoms with Gasteiger partial charge < -0.3 is 88.7 Å². The van der Waals surface area contributed by atoms with Gasteiger partial charge in [-0.2, -0.15) is 9.77 Å². The molecule has 127 heavy (non-hydrogen) atoms. The van der Waals surface area contributed by atoms with Crippen LogP contribution >= 0.6 is 0 Å². The quantitative estimate of drug-likeness (QED) is 0.0121. The van der Waals surface area contributed by atoms with E-state index in [2.05, 4.69) is 56.0 Å². The molecule has 38 heteroatoms. The molecule has 3 saturated heterocycles. The van der Waals surface area contributed by atoms with Gasteiger partial charge in [0.1, 0.15) is 59.2 Å². The molecule has 38 nitrogen and oxygen atoms in total. The topological polar surface area (TPSA) is 481 Å². The number of oxazole rings is 1. The van der Waals surface area contributed by atoms with Crippen molar-refractivity contribution < 1.29 is 90.8 Å². The van der Waals surface area contributed by atoms with Crippen LogP contribution in [-0.2, 0) is 71.4 Å². The van der Waals surface area contributed by atoms with E-state index in [0.717, 1.165) is 12.0 Å². The van der Waals surface area contributed by atoms with Gasteiger partial charge in [0.2, 0.25) is 23.6 Å². The first-order valence-electron chi connectivity index (χ1n) is 43.8. The van der Waals surface area contributed by atoms with Gasteiger partial charge in [0, 0.05) is 127 Å². The average Bonchev–Trinajstić information content (AvgIpc) is 1.74. The van der Waals surface area contributed by atoms with Gasteiger partial charge in [0.15, 0.2) is 17.0 Å². The Kier molecular flexibility index (Phi) is 34.0. The number of nitrogens with zero attached hydrogens (tertiary/aromatic N) is 15. The second kappa shape index (κ2) is 45.3. The van der Waals surface area contributed by atoms with Crippen LogP contribution in [0.4, 0.5) is 23.7 Å². The third-order valence-corrected chi connectivity index (χ3v) is 24.5. The number of nitrogens with two attached hydrogens (primary N) is 2. The Labute approximate surface area is 737 Å². The number of amides is 3. The van der Waals surface area contributed by atoms with Gasteiger partial charge in [-0.05, 0) is 125 Å². The molecule has 4 fully saturated rings. The summed E-state index contributed by atoms with van der Waals surface area (Å²) in [6.07, 6.45) is 20.9. The fourth-order valence-electron chi connectivity index (χ4n) is 17.1. The summed E-state index contributed by atoms with van der Waals surface area (Å²) < 4.78 is 60.1. The normalized spacial score (nSPS) is 27.2. The van der Waals surface area contributed by atoms with Gasteiger partial charge in [-0.15, -0.1) is 10.2 Å². The number of aromatic nitrogens is 12. The number of piperidine rings is 1. The molecular formula is C89H121N19O19. The van der Waals surface area contributed by atoms with E-state index < -0.39 is 83.7 Å².